The Hall–Kier alpha value is -1.25. The van der Waals surface area contributed by atoms with Crippen LogP contribution in [-0.2, 0) is 0 Å². The molecule has 0 fully saturated rings. The van der Waals surface area contributed by atoms with E-state index in [4.69, 9.17) is 0 Å². The first-order chi connectivity index (χ1) is 7.34. The van der Waals surface area contributed by atoms with Crippen molar-refractivity contribution < 1.29 is 4.79 Å². The number of aromatic nitrogens is 2. The lowest BCUT2D eigenvalue weighted by Gasteiger charge is -2.00. The number of hydrogen-bond donors (Lipinski definition) is 0. The fourth-order valence-corrected chi connectivity index (χ4v) is 1.48. The Bertz CT molecular complexity index is 285. The van der Waals surface area contributed by atoms with Gasteiger partial charge in [-0.05, 0) is 6.42 Å². The molecule has 0 aliphatic carbocycles. The minimum atomic E-state index is 0.159. The molecule has 0 radical (unpaired) electrons. The van der Waals surface area contributed by atoms with Gasteiger partial charge in [-0.15, -0.1) is 0 Å². The summed E-state index contributed by atoms with van der Waals surface area (Å²) in [6.45, 7) is 2.19. The molecule has 0 bridgehead atoms. The fraction of sp³-hybridized carbons (Fsp3) is 0.583. The molecule has 0 aliphatic heterocycles. The van der Waals surface area contributed by atoms with Crippen LogP contribution in [0.25, 0.3) is 0 Å². The molecule has 1 rings (SSSR count). The highest BCUT2D eigenvalue weighted by molar-refractivity contribution is 5.95. The minimum absolute atomic E-state index is 0.159. The maximum Gasteiger partial charge on any atom is 0.165 e. The van der Waals surface area contributed by atoms with Crippen LogP contribution in [0.4, 0.5) is 0 Å². The monoisotopic (exact) mass is 206 g/mol. The number of rotatable bonds is 7. The third kappa shape index (κ3) is 4.68. The van der Waals surface area contributed by atoms with E-state index in [1.165, 1.54) is 25.6 Å². The molecule has 0 saturated heterocycles. The first-order valence-corrected chi connectivity index (χ1v) is 5.62. The number of nitrogens with zero attached hydrogens (tertiary/aromatic N) is 2. The molecule has 3 heteroatoms. The van der Waals surface area contributed by atoms with E-state index in [-0.39, 0.29) is 5.78 Å². The van der Waals surface area contributed by atoms with Gasteiger partial charge in [0.15, 0.2) is 5.78 Å². The van der Waals surface area contributed by atoms with E-state index in [9.17, 15) is 4.79 Å². The summed E-state index contributed by atoms with van der Waals surface area (Å²) < 4.78 is 0. The van der Waals surface area contributed by atoms with Crippen molar-refractivity contribution in [2.24, 2.45) is 0 Å². The summed E-state index contributed by atoms with van der Waals surface area (Å²) >= 11 is 0. The van der Waals surface area contributed by atoms with Crippen molar-refractivity contribution in [3.63, 3.8) is 0 Å². The highest BCUT2D eigenvalue weighted by Gasteiger charge is 2.04. The van der Waals surface area contributed by atoms with Gasteiger partial charge < -0.3 is 0 Å². The average molecular weight is 206 g/mol. The van der Waals surface area contributed by atoms with Crippen LogP contribution < -0.4 is 0 Å². The Kier molecular flexibility index (Phi) is 5.59. The van der Waals surface area contributed by atoms with E-state index in [2.05, 4.69) is 16.9 Å². The van der Waals surface area contributed by atoms with Gasteiger partial charge >= 0.3 is 0 Å². The number of carbonyl (C=O) groups excluding carboxylic acids is 1. The van der Waals surface area contributed by atoms with Crippen molar-refractivity contribution in [1.29, 1.82) is 0 Å². The Balaban J connectivity index is 2.20. The third-order valence-corrected chi connectivity index (χ3v) is 2.39. The van der Waals surface area contributed by atoms with Gasteiger partial charge in [-0.2, -0.15) is 0 Å². The maximum absolute atomic E-state index is 11.6. The van der Waals surface area contributed by atoms with Crippen molar-refractivity contribution >= 4 is 5.78 Å². The number of ketones is 1. The van der Waals surface area contributed by atoms with Crippen LogP contribution in [0.5, 0.6) is 0 Å². The first-order valence-electron chi connectivity index (χ1n) is 5.62. The lowest BCUT2D eigenvalue weighted by atomic mass is 10.1. The zero-order valence-electron chi connectivity index (χ0n) is 9.28. The number of Topliss-reactive ketones (excluding diaryl/α,β-unsaturated/α-hetero) is 1. The largest absolute Gasteiger partial charge is 0.294 e. The van der Waals surface area contributed by atoms with Crippen LogP contribution in [0.2, 0.25) is 0 Å². The zero-order chi connectivity index (χ0) is 10.9. The van der Waals surface area contributed by atoms with Gasteiger partial charge in [0.2, 0.25) is 0 Å². The van der Waals surface area contributed by atoms with Gasteiger partial charge in [0.05, 0.1) is 5.56 Å². The van der Waals surface area contributed by atoms with Gasteiger partial charge in [0.25, 0.3) is 0 Å². The molecule has 0 aliphatic rings. The summed E-state index contributed by atoms with van der Waals surface area (Å²) in [6, 6.07) is 0. The average Bonchev–Trinajstić information content (AvgIpc) is 2.30. The molecule has 1 heterocycles. The van der Waals surface area contributed by atoms with Crippen molar-refractivity contribution in [3.8, 4) is 0 Å². The topological polar surface area (TPSA) is 42.9 Å². The van der Waals surface area contributed by atoms with Gasteiger partial charge in [-0.1, -0.05) is 32.6 Å². The lowest BCUT2D eigenvalue weighted by Crippen LogP contribution is -2.00. The summed E-state index contributed by atoms with van der Waals surface area (Å²) in [4.78, 5) is 19.3. The maximum atomic E-state index is 11.6. The van der Waals surface area contributed by atoms with Crippen LogP contribution in [0.1, 0.15) is 55.8 Å². The van der Waals surface area contributed by atoms with E-state index in [0.29, 0.717) is 12.0 Å². The third-order valence-electron chi connectivity index (χ3n) is 2.39. The molecule has 0 aromatic carbocycles. The molecule has 15 heavy (non-hydrogen) atoms. The Morgan fingerprint density at radius 1 is 1.13 bits per heavy atom. The number of carbonyl (C=O) groups is 1. The summed E-state index contributed by atoms with van der Waals surface area (Å²) in [7, 11) is 0. The quantitative estimate of drug-likeness (QED) is 0.508. The Morgan fingerprint density at radius 2 is 1.80 bits per heavy atom. The standard InChI is InChI=1S/C12H18N2O/c1-2-3-4-5-6-7-12(15)11-8-13-10-14-9-11/h8-10H,2-7H2,1H3. The molecular weight excluding hydrogens is 188 g/mol. The smallest absolute Gasteiger partial charge is 0.165 e. The predicted molar refractivity (Wildman–Crippen MR) is 59.7 cm³/mol. The summed E-state index contributed by atoms with van der Waals surface area (Å²) in [6.07, 6.45) is 11.1. The van der Waals surface area contributed by atoms with Crippen molar-refractivity contribution in [1.82, 2.24) is 9.97 Å². The Morgan fingerprint density at radius 3 is 2.47 bits per heavy atom. The molecule has 0 saturated carbocycles. The molecule has 0 atom stereocenters. The van der Waals surface area contributed by atoms with E-state index in [1.54, 1.807) is 12.4 Å². The predicted octanol–water partition coefficient (Wildman–Crippen LogP) is 3.02. The fourth-order valence-electron chi connectivity index (χ4n) is 1.48. The van der Waals surface area contributed by atoms with Crippen molar-refractivity contribution in [2.75, 3.05) is 0 Å². The van der Waals surface area contributed by atoms with E-state index < -0.39 is 0 Å². The molecule has 0 amide bonds. The summed E-state index contributed by atoms with van der Waals surface area (Å²) in [5.74, 6) is 0.159. The second kappa shape index (κ2) is 7.10. The SMILES string of the molecule is CCCCCCCC(=O)c1cncnc1. The molecule has 1 aromatic rings. The van der Waals surface area contributed by atoms with Crippen LogP contribution in [-0.4, -0.2) is 15.8 Å². The van der Waals surface area contributed by atoms with E-state index in [0.717, 1.165) is 12.8 Å². The van der Waals surface area contributed by atoms with Gasteiger partial charge in [-0.25, -0.2) is 9.97 Å². The normalized spacial score (nSPS) is 10.2. The van der Waals surface area contributed by atoms with Crippen molar-refractivity contribution in [3.05, 3.63) is 24.3 Å². The molecule has 1 aromatic heterocycles. The molecule has 0 spiro atoms. The molecule has 82 valence electrons. The lowest BCUT2D eigenvalue weighted by molar-refractivity contribution is 0.0978. The van der Waals surface area contributed by atoms with Crippen LogP contribution in [0.3, 0.4) is 0 Å². The molecular formula is C12H18N2O. The summed E-state index contributed by atoms with van der Waals surface area (Å²) in [5, 5.41) is 0. The minimum Gasteiger partial charge on any atom is -0.294 e. The van der Waals surface area contributed by atoms with Gasteiger partial charge in [-0.3, -0.25) is 4.79 Å². The van der Waals surface area contributed by atoms with Crippen LogP contribution >= 0.6 is 0 Å². The number of hydrogen-bond acceptors (Lipinski definition) is 3. The second-order valence-electron chi connectivity index (χ2n) is 3.71. The molecule has 0 unspecified atom stereocenters. The highest BCUT2D eigenvalue weighted by atomic mass is 16.1. The van der Waals surface area contributed by atoms with Gasteiger partial charge in [0.1, 0.15) is 6.33 Å². The number of unbranched alkanes of at least 4 members (excludes halogenated alkanes) is 4. The van der Waals surface area contributed by atoms with E-state index in [1.807, 2.05) is 0 Å². The molecule has 3 nitrogen and oxygen atoms in total. The molecule has 0 N–H and O–H groups in total. The van der Waals surface area contributed by atoms with Crippen LogP contribution in [0, 0.1) is 0 Å². The first kappa shape index (κ1) is 11.8. The summed E-state index contributed by atoms with van der Waals surface area (Å²) in [5.41, 5.74) is 0.632. The van der Waals surface area contributed by atoms with Crippen LogP contribution in [0.15, 0.2) is 18.7 Å². The van der Waals surface area contributed by atoms with E-state index >= 15 is 0 Å². The highest BCUT2D eigenvalue weighted by Crippen LogP contribution is 2.08. The zero-order valence-corrected chi connectivity index (χ0v) is 9.28. The second-order valence-corrected chi connectivity index (χ2v) is 3.71. The van der Waals surface area contributed by atoms with Crippen molar-refractivity contribution in [2.45, 2.75) is 45.4 Å². The van der Waals surface area contributed by atoms with Gasteiger partial charge in [0, 0.05) is 18.8 Å². The Labute approximate surface area is 91.0 Å².